The lowest BCUT2D eigenvalue weighted by molar-refractivity contribution is -0.123. The summed E-state index contributed by atoms with van der Waals surface area (Å²) in [4.78, 5) is 28.7. The molecule has 0 radical (unpaired) electrons. The highest BCUT2D eigenvalue weighted by Crippen LogP contribution is 2.49. The number of amides is 2. The van der Waals surface area contributed by atoms with Crippen molar-refractivity contribution in [2.24, 2.45) is 0 Å². The third-order valence-corrected chi connectivity index (χ3v) is 8.99. The van der Waals surface area contributed by atoms with Crippen LogP contribution in [-0.4, -0.2) is 53.1 Å². The van der Waals surface area contributed by atoms with Crippen LogP contribution in [-0.2, 0) is 14.3 Å². The van der Waals surface area contributed by atoms with Gasteiger partial charge in [-0.15, -0.1) is 11.8 Å². The Bertz CT molecular complexity index is 1570. The molecule has 1 N–H and O–H groups in total. The molecule has 210 valence electrons. The summed E-state index contributed by atoms with van der Waals surface area (Å²) < 4.78 is 7.41. The maximum absolute atomic E-state index is 13.9. The number of thioether (sulfide) groups is 1. The van der Waals surface area contributed by atoms with Gasteiger partial charge in [0.1, 0.15) is 12.4 Å². The summed E-state index contributed by atoms with van der Waals surface area (Å²) in [5, 5.41) is 8.39. The minimum absolute atomic E-state index is 0.00828. The summed E-state index contributed by atoms with van der Waals surface area (Å²) in [6, 6.07) is 25.7. The van der Waals surface area contributed by atoms with Gasteiger partial charge in [-0.25, -0.2) is 4.68 Å². The molecule has 2 amide bonds. The lowest BCUT2D eigenvalue weighted by Gasteiger charge is -2.24. The second-order valence-electron chi connectivity index (χ2n) is 10.3. The summed E-state index contributed by atoms with van der Waals surface area (Å²) in [7, 11) is 0. The first-order chi connectivity index (χ1) is 20.0. The maximum atomic E-state index is 13.9. The van der Waals surface area contributed by atoms with Crippen molar-refractivity contribution >= 4 is 41.0 Å². The van der Waals surface area contributed by atoms with Crippen molar-refractivity contribution in [3.63, 3.8) is 0 Å². The van der Waals surface area contributed by atoms with Crippen LogP contribution in [0, 0.1) is 6.92 Å². The number of carbonyl (C=O) groups excluding carboxylic acids is 2. The van der Waals surface area contributed by atoms with Gasteiger partial charge in [0, 0.05) is 24.3 Å². The number of halogens is 1. The predicted molar refractivity (Wildman–Crippen MR) is 164 cm³/mol. The molecular formula is C32H31ClN4O3S. The minimum atomic E-state index is -0.244. The molecule has 6 rings (SSSR count). The van der Waals surface area contributed by atoms with Gasteiger partial charge in [-0.1, -0.05) is 83.9 Å². The number of nitrogens with zero attached hydrogens (tertiary/aromatic N) is 3. The summed E-state index contributed by atoms with van der Waals surface area (Å²) >= 11 is 8.27. The van der Waals surface area contributed by atoms with Crippen molar-refractivity contribution in [3.05, 3.63) is 101 Å². The fourth-order valence-electron chi connectivity index (χ4n) is 5.45. The van der Waals surface area contributed by atoms with E-state index in [0.717, 1.165) is 40.8 Å². The van der Waals surface area contributed by atoms with Crippen LogP contribution >= 0.6 is 23.4 Å². The van der Waals surface area contributed by atoms with Crippen LogP contribution in [0.5, 0.6) is 0 Å². The Morgan fingerprint density at radius 2 is 1.90 bits per heavy atom. The molecule has 0 bridgehead atoms. The molecular weight excluding hydrogens is 556 g/mol. The molecule has 4 aromatic rings. The summed E-state index contributed by atoms with van der Waals surface area (Å²) in [5.74, 6) is 0.368. The summed E-state index contributed by atoms with van der Waals surface area (Å²) in [6.45, 7) is 3.07. The van der Waals surface area contributed by atoms with Crippen LogP contribution in [0.1, 0.15) is 34.8 Å². The largest absolute Gasteiger partial charge is 0.376 e. The first-order valence-corrected chi connectivity index (χ1v) is 15.2. The lowest BCUT2D eigenvalue weighted by atomic mass is 9.98. The van der Waals surface area contributed by atoms with Crippen molar-refractivity contribution in [1.29, 1.82) is 0 Å². The Balaban J connectivity index is 1.53. The number of hydrogen-bond acceptors (Lipinski definition) is 5. The van der Waals surface area contributed by atoms with Gasteiger partial charge in [-0.05, 0) is 37.5 Å². The molecule has 2 aliphatic heterocycles. The zero-order chi connectivity index (χ0) is 28.3. The average molecular weight is 587 g/mol. The van der Waals surface area contributed by atoms with E-state index in [0.29, 0.717) is 29.7 Å². The molecule has 1 fully saturated rings. The van der Waals surface area contributed by atoms with Crippen molar-refractivity contribution in [1.82, 2.24) is 15.1 Å². The van der Waals surface area contributed by atoms with Gasteiger partial charge >= 0.3 is 0 Å². The smallest absolute Gasteiger partial charge is 0.240 e. The van der Waals surface area contributed by atoms with E-state index in [4.69, 9.17) is 21.4 Å². The number of nitrogens with one attached hydrogen (secondary N) is 1. The molecule has 0 spiro atoms. The highest BCUT2D eigenvalue weighted by Gasteiger charge is 2.38. The van der Waals surface area contributed by atoms with Gasteiger partial charge in [0.05, 0.1) is 33.5 Å². The number of rotatable bonds is 7. The Hall–Kier alpha value is -3.59. The summed E-state index contributed by atoms with van der Waals surface area (Å²) in [5.41, 5.74) is 5.39. The normalized spacial score (nSPS) is 18.7. The van der Waals surface area contributed by atoms with Gasteiger partial charge in [0.25, 0.3) is 0 Å². The van der Waals surface area contributed by atoms with E-state index >= 15 is 0 Å². The minimum Gasteiger partial charge on any atom is -0.376 e. The van der Waals surface area contributed by atoms with Gasteiger partial charge in [-0.3, -0.25) is 14.5 Å². The topological polar surface area (TPSA) is 76.5 Å². The molecule has 9 heteroatoms. The quantitative estimate of drug-likeness (QED) is 0.289. The molecule has 3 aromatic carbocycles. The molecule has 0 saturated carbocycles. The maximum Gasteiger partial charge on any atom is 0.240 e. The second-order valence-corrected chi connectivity index (χ2v) is 11.8. The first-order valence-electron chi connectivity index (χ1n) is 13.8. The van der Waals surface area contributed by atoms with Gasteiger partial charge < -0.3 is 10.1 Å². The highest BCUT2D eigenvalue weighted by atomic mass is 35.5. The van der Waals surface area contributed by atoms with Crippen molar-refractivity contribution in [2.45, 2.75) is 31.1 Å². The fourth-order valence-corrected chi connectivity index (χ4v) is 6.85. The molecule has 3 heterocycles. The Labute approximate surface area is 248 Å². The molecule has 2 atom stereocenters. The zero-order valence-corrected chi connectivity index (χ0v) is 24.3. The number of hydrogen-bond donors (Lipinski definition) is 1. The van der Waals surface area contributed by atoms with E-state index in [-0.39, 0.29) is 35.5 Å². The Morgan fingerprint density at radius 3 is 2.66 bits per heavy atom. The van der Waals surface area contributed by atoms with E-state index in [2.05, 4.69) is 30.4 Å². The van der Waals surface area contributed by atoms with Gasteiger partial charge in [0.2, 0.25) is 11.8 Å². The van der Waals surface area contributed by atoms with E-state index in [1.807, 2.05) is 54.6 Å². The van der Waals surface area contributed by atoms with Gasteiger partial charge in [-0.2, -0.15) is 5.10 Å². The van der Waals surface area contributed by atoms with Crippen LogP contribution in [0.3, 0.4) is 0 Å². The van der Waals surface area contributed by atoms with Crippen molar-refractivity contribution in [3.8, 4) is 16.9 Å². The van der Waals surface area contributed by atoms with Crippen molar-refractivity contribution in [2.75, 3.05) is 30.3 Å². The van der Waals surface area contributed by atoms with Crippen LogP contribution in [0.4, 0.5) is 5.82 Å². The van der Waals surface area contributed by atoms with Gasteiger partial charge in [0.15, 0.2) is 0 Å². The number of aromatic nitrogens is 2. The van der Waals surface area contributed by atoms with Crippen LogP contribution in [0.25, 0.3) is 16.9 Å². The third-order valence-electron chi connectivity index (χ3n) is 7.41. The molecule has 0 unspecified atom stereocenters. The van der Waals surface area contributed by atoms with Crippen LogP contribution < -0.4 is 10.2 Å². The SMILES string of the molecule is Cc1cccc([C@H]2SCC(=O)N(CC(=O)NC[C@@H]3CCCO3)c3c2c(-c2ccccc2)nn3-c2ccccc2Cl)c1. The van der Waals surface area contributed by atoms with E-state index in [9.17, 15) is 9.59 Å². The van der Waals surface area contributed by atoms with Crippen LogP contribution in [0.15, 0.2) is 78.9 Å². The fraction of sp³-hybridized carbons (Fsp3) is 0.281. The van der Waals surface area contributed by atoms with E-state index in [1.54, 1.807) is 27.4 Å². The Morgan fingerprint density at radius 1 is 1.10 bits per heavy atom. The number of fused-ring (bicyclic) bond motifs is 1. The number of aryl methyl sites for hydroxylation is 1. The third kappa shape index (κ3) is 5.77. The first kappa shape index (κ1) is 27.6. The molecule has 2 aliphatic rings. The molecule has 0 aliphatic carbocycles. The predicted octanol–water partition coefficient (Wildman–Crippen LogP) is 5.97. The molecule has 7 nitrogen and oxygen atoms in total. The summed E-state index contributed by atoms with van der Waals surface area (Å²) in [6.07, 6.45) is 1.92. The number of benzene rings is 3. The second kappa shape index (κ2) is 12.1. The molecule has 41 heavy (non-hydrogen) atoms. The number of para-hydroxylation sites is 1. The van der Waals surface area contributed by atoms with Crippen LogP contribution in [0.2, 0.25) is 5.02 Å². The van der Waals surface area contributed by atoms with E-state index < -0.39 is 0 Å². The lowest BCUT2D eigenvalue weighted by Crippen LogP contribution is -2.44. The monoisotopic (exact) mass is 586 g/mol. The highest BCUT2D eigenvalue weighted by molar-refractivity contribution is 8.00. The number of carbonyl (C=O) groups is 2. The van der Waals surface area contributed by atoms with E-state index in [1.165, 1.54) is 0 Å². The standard InChI is InChI=1S/C32H31ClN4O3S/c1-21-9-7-12-23(17-21)31-29-30(22-10-3-2-4-11-22)35-37(26-15-6-5-14-25(26)33)32(29)36(28(39)20-41-31)19-27(38)34-18-24-13-8-16-40-24/h2-7,9-12,14-15,17,24,31H,8,13,16,18-20H2,1H3,(H,34,38)/t24-,31+/m0/s1. The number of anilines is 1. The molecule has 1 aromatic heterocycles. The van der Waals surface area contributed by atoms with Crippen molar-refractivity contribution < 1.29 is 14.3 Å². The Kier molecular flexibility index (Phi) is 8.14. The number of ether oxygens (including phenoxy) is 1. The zero-order valence-electron chi connectivity index (χ0n) is 22.8. The molecule has 1 saturated heterocycles. The average Bonchev–Trinajstić information content (AvgIpc) is 3.61.